The van der Waals surface area contributed by atoms with Gasteiger partial charge in [-0.15, -0.1) is 24.0 Å². The van der Waals surface area contributed by atoms with E-state index >= 15 is 0 Å². The summed E-state index contributed by atoms with van der Waals surface area (Å²) < 4.78 is 13.2. The second kappa shape index (κ2) is 12.3. The maximum absolute atomic E-state index is 13.2. The summed E-state index contributed by atoms with van der Waals surface area (Å²) in [5.41, 5.74) is 3.15. The van der Waals surface area contributed by atoms with Gasteiger partial charge in [0, 0.05) is 57.9 Å². The van der Waals surface area contributed by atoms with Crippen LogP contribution < -0.4 is 20.4 Å². The zero-order valence-corrected chi connectivity index (χ0v) is 20.9. The van der Waals surface area contributed by atoms with Gasteiger partial charge in [-0.05, 0) is 54.1 Å². The maximum Gasteiger partial charge on any atom is 0.191 e. The number of pyridine rings is 2. The Morgan fingerprint density at radius 3 is 2.33 bits per heavy atom. The van der Waals surface area contributed by atoms with E-state index in [0.717, 1.165) is 54.9 Å². The summed E-state index contributed by atoms with van der Waals surface area (Å²) in [4.78, 5) is 17.7. The van der Waals surface area contributed by atoms with Crippen LogP contribution in [0, 0.1) is 5.82 Å². The highest BCUT2D eigenvalue weighted by atomic mass is 127. The first-order valence-corrected chi connectivity index (χ1v) is 10.8. The fraction of sp³-hybridized carbons (Fsp3) is 0.292. The molecule has 0 unspecified atom stereocenters. The maximum atomic E-state index is 13.2. The minimum absolute atomic E-state index is 0. The Labute approximate surface area is 211 Å². The monoisotopic (exact) mass is 561 g/mol. The molecule has 0 radical (unpaired) electrons. The Morgan fingerprint density at radius 1 is 0.909 bits per heavy atom. The third-order valence-electron chi connectivity index (χ3n) is 5.45. The van der Waals surface area contributed by atoms with Gasteiger partial charge in [0.2, 0.25) is 0 Å². The van der Waals surface area contributed by atoms with Gasteiger partial charge in [0.15, 0.2) is 5.96 Å². The molecular weight excluding hydrogens is 532 g/mol. The summed E-state index contributed by atoms with van der Waals surface area (Å²) in [7, 11) is 1.76. The smallest absolute Gasteiger partial charge is 0.191 e. The molecule has 1 aliphatic heterocycles. The van der Waals surface area contributed by atoms with Crippen LogP contribution in [0.4, 0.5) is 15.9 Å². The van der Waals surface area contributed by atoms with Gasteiger partial charge in [0.25, 0.3) is 0 Å². The molecule has 0 bridgehead atoms. The third-order valence-corrected chi connectivity index (χ3v) is 5.45. The predicted octanol–water partition coefficient (Wildman–Crippen LogP) is 3.43. The average Bonchev–Trinajstić information content (AvgIpc) is 2.85. The molecule has 33 heavy (non-hydrogen) atoms. The average molecular weight is 561 g/mol. The first-order chi connectivity index (χ1) is 15.7. The fourth-order valence-corrected chi connectivity index (χ4v) is 3.67. The first-order valence-electron chi connectivity index (χ1n) is 10.8. The van der Waals surface area contributed by atoms with Crippen molar-refractivity contribution in [2.45, 2.75) is 13.1 Å². The topological polar surface area (TPSA) is 68.7 Å². The lowest BCUT2D eigenvalue weighted by molar-refractivity contribution is 0.624. The Morgan fingerprint density at radius 2 is 1.64 bits per heavy atom. The molecule has 1 aromatic carbocycles. The van der Waals surface area contributed by atoms with Crippen LogP contribution in [0.5, 0.6) is 0 Å². The van der Waals surface area contributed by atoms with E-state index in [-0.39, 0.29) is 29.8 Å². The standard InChI is InChI=1S/C24H28FN7.HI/c1-26-24(30-18-21-4-2-3-10-27-21)29-17-19-9-11-28-23(16-19)32-14-12-31(13-15-32)22-7-5-20(25)6-8-22;/h2-11,16H,12-15,17-18H2,1H3,(H2,26,29,30);1H. The predicted molar refractivity (Wildman–Crippen MR) is 142 cm³/mol. The summed E-state index contributed by atoms with van der Waals surface area (Å²) >= 11 is 0. The summed E-state index contributed by atoms with van der Waals surface area (Å²) in [6.45, 7) is 4.75. The zero-order valence-electron chi connectivity index (χ0n) is 18.6. The van der Waals surface area contributed by atoms with Crippen LogP contribution >= 0.6 is 24.0 Å². The van der Waals surface area contributed by atoms with E-state index in [1.165, 1.54) is 12.1 Å². The summed E-state index contributed by atoms with van der Waals surface area (Å²) in [6.07, 6.45) is 3.63. The minimum atomic E-state index is -0.204. The Hall–Kier alpha value is -2.95. The molecule has 2 N–H and O–H groups in total. The minimum Gasteiger partial charge on any atom is -0.368 e. The number of benzene rings is 1. The van der Waals surface area contributed by atoms with Crippen LogP contribution in [-0.4, -0.2) is 49.2 Å². The number of piperazine rings is 1. The highest BCUT2D eigenvalue weighted by Gasteiger charge is 2.18. The number of hydrogen-bond donors (Lipinski definition) is 2. The van der Waals surface area contributed by atoms with Crippen molar-refractivity contribution >= 4 is 41.4 Å². The molecule has 0 amide bonds. The normalized spacial score (nSPS) is 13.9. The van der Waals surface area contributed by atoms with Gasteiger partial charge in [-0.25, -0.2) is 9.37 Å². The number of rotatable bonds is 6. The lowest BCUT2D eigenvalue weighted by atomic mass is 10.2. The highest BCUT2D eigenvalue weighted by Crippen LogP contribution is 2.20. The van der Waals surface area contributed by atoms with Gasteiger partial charge in [0.05, 0.1) is 12.2 Å². The van der Waals surface area contributed by atoms with Crippen LogP contribution in [0.2, 0.25) is 0 Å². The molecular formula is C24H29FIN7. The molecule has 174 valence electrons. The molecule has 0 aliphatic carbocycles. The summed E-state index contributed by atoms with van der Waals surface area (Å²) in [5, 5.41) is 6.62. The van der Waals surface area contributed by atoms with Crippen molar-refractivity contribution in [2.24, 2.45) is 4.99 Å². The number of nitrogens with zero attached hydrogens (tertiary/aromatic N) is 5. The molecule has 0 saturated carbocycles. The van der Waals surface area contributed by atoms with Gasteiger partial charge >= 0.3 is 0 Å². The van der Waals surface area contributed by atoms with Crippen LogP contribution in [0.25, 0.3) is 0 Å². The number of hydrogen-bond acceptors (Lipinski definition) is 5. The van der Waals surface area contributed by atoms with Crippen LogP contribution in [0.15, 0.2) is 72.0 Å². The van der Waals surface area contributed by atoms with Gasteiger partial charge < -0.3 is 20.4 Å². The molecule has 3 aromatic rings. The van der Waals surface area contributed by atoms with E-state index in [4.69, 9.17) is 0 Å². The molecule has 0 spiro atoms. The van der Waals surface area contributed by atoms with E-state index in [1.54, 1.807) is 13.2 Å². The molecule has 0 atom stereocenters. The largest absolute Gasteiger partial charge is 0.368 e. The van der Waals surface area contributed by atoms with Gasteiger partial charge in [0.1, 0.15) is 11.6 Å². The SMILES string of the molecule is CN=C(NCc1ccnc(N2CCN(c3ccc(F)cc3)CC2)c1)NCc1ccccn1.I. The number of aliphatic imine (C=N–C) groups is 1. The summed E-state index contributed by atoms with van der Waals surface area (Å²) in [6, 6.07) is 16.7. The molecule has 9 heteroatoms. The van der Waals surface area contributed by atoms with E-state index in [2.05, 4.69) is 41.5 Å². The lowest BCUT2D eigenvalue weighted by Gasteiger charge is -2.36. The highest BCUT2D eigenvalue weighted by molar-refractivity contribution is 14.0. The van der Waals surface area contributed by atoms with E-state index in [1.807, 2.05) is 42.6 Å². The molecule has 3 heterocycles. The fourth-order valence-electron chi connectivity index (χ4n) is 3.67. The lowest BCUT2D eigenvalue weighted by Crippen LogP contribution is -2.46. The van der Waals surface area contributed by atoms with E-state index in [0.29, 0.717) is 13.1 Å². The number of anilines is 2. The van der Waals surface area contributed by atoms with Crippen molar-refractivity contribution in [1.29, 1.82) is 0 Å². The van der Waals surface area contributed by atoms with Crippen LogP contribution in [0.3, 0.4) is 0 Å². The van der Waals surface area contributed by atoms with Gasteiger partial charge in [-0.3, -0.25) is 9.98 Å². The molecule has 1 fully saturated rings. The second-order valence-electron chi connectivity index (χ2n) is 7.57. The van der Waals surface area contributed by atoms with Gasteiger partial charge in [-0.1, -0.05) is 6.07 Å². The van der Waals surface area contributed by atoms with Crippen LogP contribution in [-0.2, 0) is 13.1 Å². The number of nitrogens with one attached hydrogen (secondary N) is 2. The van der Waals surface area contributed by atoms with Crippen LogP contribution in [0.1, 0.15) is 11.3 Å². The van der Waals surface area contributed by atoms with Crippen molar-refractivity contribution in [3.8, 4) is 0 Å². The quantitative estimate of drug-likeness (QED) is 0.273. The second-order valence-corrected chi connectivity index (χ2v) is 7.57. The van der Waals surface area contributed by atoms with Gasteiger partial charge in [-0.2, -0.15) is 0 Å². The zero-order chi connectivity index (χ0) is 22.2. The number of halogens is 2. The molecule has 7 nitrogen and oxygen atoms in total. The number of guanidine groups is 1. The molecule has 2 aromatic heterocycles. The molecule has 4 rings (SSSR count). The van der Waals surface area contributed by atoms with Crippen molar-refractivity contribution in [1.82, 2.24) is 20.6 Å². The van der Waals surface area contributed by atoms with Crippen molar-refractivity contribution in [3.05, 3.63) is 84.1 Å². The Balaban J connectivity index is 0.00000306. The van der Waals surface area contributed by atoms with Crippen molar-refractivity contribution in [2.75, 3.05) is 43.0 Å². The van der Waals surface area contributed by atoms with Crippen molar-refractivity contribution in [3.63, 3.8) is 0 Å². The molecule has 1 aliphatic rings. The molecule has 1 saturated heterocycles. The Kier molecular flexibility index (Phi) is 9.23. The van der Waals surface area contributed by atoms with E-state index in [9.17, 15) is 4.39 Å². The number of aromatic nitrogens is 2. The van der Waals surface area contributed by atoms with E-state index < -0.39 is 0 Å². The van der Waals surface area contributed by atoms with Crippen molar-refractivity contribution < 1.29 is 4.39 Å². The third kappa shape index (κ3) is 7.01. The Bertz CT molecular complexity index is 1020. The first kappa shape index (κ1) is 24.7. The summed E-state index contributed by atoms with van der Waals surface area (Å²) in [5.74, 6) is 1.49.